The van der Waals surface area contributed by atoms with Crippen LogP contribution in [0, 0.1) is 20.8 Å². The fraction of sp³-hybridized carbons (Fsp3) is 0.462. The summed E-state index contributed by atoms with van der Waals surface area (Å²) in [4.78, 5) is 14.4. The van der Waals surface area contributed by atoms with Crippen molar-refractivity contribution in [2.75, 3.05) is 17.7 Å². The van der Waals surface area contributed by atoms with Crippen LogP contribution in [0.3, 0.4) is 0 Å². The van der Waals surface area contributed by atoms with E-state index in [2.05, 4.69) is 32.5 Å². The molecule has 2 aromatic heterocycles. The molecule has 0 bridgehead atoms. The van der Waals surface area contributed by atoms with Crippen LogP contribution in [0.1, 0.15) is 34.4 Å². The Kier molecular flexibility index (Phi) is 3.99. The van der Waals surface area contributed by atoms with E-state index in [1.54, 1.807) is 11.3 Å². The number of rotatable bonds is 4. The molecule has 0 radical (unpaired) electrons. The third kappa shape index (κ3) is 3.20. The van der Waals surface area contributed by atoms with Crippen LogP contribution < -0.4 is 10.6 Å². The van der Waals surface area contributed by atoms with Gasteiger partial charge in [0, 0.05) is 18.0 Å². The Morgan fingerprint density at radius 1 is 1.11 bits per heavy atom. The molecule has 19 heavy (non-hydrogen) atoms. The van der Waals surface area contributed by atoms with E-state index in [0.29, 0.717) is 0 Å². The molecule has 1 atom stereocenters. The van der Waals surface area contributed by atoms with Crippen molar-refractivity contribution in [3.63, 3.8) is 0 Å². The van der Waals surface area contributed by atoms with Crippen LogP contribution in [0.2, 0.25) is 0 Å². The Hall–Kier alpha value is -1.69. The van der Waals surface area contributed by atoms with E-state index in [1.807, 2.05) is 33.9 Å². The first kappa shape index (κ1) is 13.7. The summed E-state index contributed by atoms with van der Waals surface area (Å²) in [7, 11) is 1.85. The lowest BCUT2D eigenvalue weighted by Gasteiger charge is -2.14. The van der Waals surface area contributed by atoms with Crippen molar-refractivity contribution in [2.24, 2.45) is 0 Å². The normalized spacial score (nSPS) is 12.3. The van der Waals surface area contributed by atoms with Gasteiger partial charge in [0.1, 0.15) is 17.5 Å². The topological polar surface area (TPSA) is 62.7 Å². The standard InChI is InChI=1S/C13H19N5S/c1-7-13(19-10(4)15-7)8(2)16-12-6-11(14-5)17-9(3)18-12/h6,8H,1-5H3,(H2,14,16,17,18). The molecule has 6 heteroatoms. The maximum atomic E-state index is 4.46. The Balaban J connectivity index is 2.21. The lowest BCUT2D eigenvalue weighted by Crippen LogP contribution is -2.09. The highest BCUT2D eigenvalue weighted by Gasteiger charge is 2.13. The first-order chi connectivity index (χ1) is 8.99. The molecule has 2 aromatic rings. The number of aryl methyl sites for hydroxylation is 3. The predicted molar refractivity (Wildman–Crippen MR) is 79.9 cm³/mol. The van der Waals surface area contributed by atoms with E-state index in [1.165, 1.54) is 4.88 Å². The van der Waals surface area contributed by atoms with Crippen molar-refractivity contribution >= 4 is 23.0 Å². The minimum Gasteiger partial charge on any atom is -0.373 e. The minimum atomic E-state index is 0.185. The second-order valence-corrected chi connectivity index (χ2v) is 5.72. The molecule has 0 aliphatic rings. The Bertz CT molecular complexity index is 578. The van der Waals surface area contributed by atoms with E-state index >= 15 is 0 Å². The lowest BCUT2D eigenvalue weighted by molar-refractivity contribution is 0.872. The molecule has 2 N–H and O–H groups in total. The van der Waals surface area contributed by atoms with Gasteiger partial charge in [-0.3, -0.25) is 0 Å². The van der Waals surface area contributed by atoms with Crippen molar-refractivity contribution in [2.45, 2.75) is 33.7 Å². The summed E-state index contributed by atoms with van der Waals surface area (Å²) in [5, 5.41) is 7.54. The molecule has 0 saturated carbocycles. The zero-order valence-corrected chi connectivity index (χ0v) is 12.7. The monoisotopic (exact) mass is 277 g/mol. The Labute approximate surface area is 117 Å². The van der Waals surface area contributed by atoms with Gasteiger partial charge in [0.15, 0.2) is 0 Å². The molecule has 5 nitrogen and oxygen atoms in total. The van der Waals surface area contributed by atoms with Gasteiger partial charge in [0.05, 0.1) is 16.7 Å². The number of anilines is 2. The van der Waals surface area contributed by atoms with Gasteiger partial charge in [-0.1, -0.05) is 0 Å². The molecule has 0 aliphatic heterocycles. The second-order valence-electron chi connectivity index (χ2n) is 4.48. The number of nitrogens with zero attached hydrogens (tertiary/aromatic N) is 3. The van der Waals surface area contributed by atoms with Crippen LogP contribution in [0.25, 0.3) is 0 Å². The zero-order chi connectivity index (χ0) is 14.0. The molecule has 0 saturated heterocycles. The van der Waals surface area contributed by atoms with E-state index in [0.717, 1.165) is 28.2 Å². The maximum Gasteiger partial charge on any atom is 0.132 e. The number of hydrogen-bond acceptors (Lipinski definition) is 6. The van der Waals surface area contributed by atoms with Crippen LogP contribution in [0.15, 0.2) is 6.07 Å². The molecule has 2 rings (SSSR count). The molecule has 0 amide bonds. The lowest BCUT2D eigenvalue weighted by atomic mass is 10.2. The van der Waals surface area contributed by atoms with E-state index in [4.69, 9.17) is 0 Å². The third-order valence-corrected chi connectivity index (χ3v) is 4.05. The van der Waals surface area contributed by atoms with Gasteiger partial charge in [-0.05, 0) is 27.7 Å². The van der Waals surface area contributed by atoms with Crippen molar-refractivity contribution in [1.82, 2.24) is 15.0 Å². The first-order valence-electron chi connectivity index (χ1n) is 6.23. The van der Waals surface area contributed by atoms with Crippen LogP contribution in [-0.2, 0) is 0 Å². The Morgan fingerprint density at radius 3 is 2.37 bits per heavy atom. The second kappa shape index (κ2) is 5.52. The van der Waals surface area contributed by atoms with Crippen LogP contribution >= 0.6 is 11.3 Å². The largest absolute Gasteiger partial charge is 0.373 e. The highest BCUT2D eigenvalue weighted by Crippen LogP contribution is 2.27. The van der Waals surface area contributed by atoms with Crippen LogP contribution in [-0.4, -0.2) is 22.0 Å². The summed E-state index contributed by atoms with van der Waals surface area (Å²) < 4.78 is 0. The molecule has 0 aliphatic carbocycles. The van der Waals surface area contributed by atoms with E-state index in [-0.39, 0.29) is 6.04 Å². The molecule has 102 valence electrons. The highest BCUT2D eigenvalue weighted by molar-refractivity contribution is 7.11. The summed E-state index contributed by atoms with van der Waals surface area (Å²) in [6.07, 6.45) is 0. The van der Waals surface area contributed by atoms with Gasteiger partial charge < -0.3 is 10.6 Å². The fourth-order valence-electron chi connectivity index (χ4n) is 2.01. The van der Waals surface area contributed by atoms with E-state index < -0.39 is 0 Å². The van der Waals surface area contributed by atoms with Crippen molar-refractivity contribution in [3.8, 4) is 0 Å². The zero-order valence-electron chi connectivity index (χ0n) is 11.9. The SMILES string of the molecule is CNc1cc(NC(C)c2sc(C)nc2C)nc(C)n1. The van der Waals surface area contributed by atoms with Gasteiger partial charge in [0.2, 0.25) is 0 Å². The average molecular weight is 277 g/mol. The predicted octanol–water partition coefficient (Wildman–Crippen LogP) is 3.07. The summed E-state index contributed by atoms with van der Waals surface area (Å²) in [5.74, 6) is 2.40. The summed E-state index contributed by atoms with van der Waals surface area (Å²) >= 11 is 1.72. The number of thiazole rings is 1. The highest BCUT2D eigenvalue weighted by atomic mass is 32.1. The van der Waals surface area contributed by atoms with E-state index in [9.17, 15) is 0 Å². The smallest absolute Gasteiger partial charge is 0.132 e. The molecule has 0 fully saturated rings. The maximum absolute atomic E-state index is 4.46. The molecule has 0 spiro atoms. The molecule has 2 heterocycles. The van der Waals surface area contributed by atoms with Gasteiger partial charge >= 0.3 is 0 Å². The molecular formula is C13H19N5S. The first-order valence-corrected chi connectivity index (χ1v) is 7.05. The molecule has 0 aromatic carbocycles. The quantitative estimate of drug-likeness (QED) is 0.899. The molecule has 1 unspecified atom stereocenters. The summed E-state index contributed by atoms with van der Waals surface area (Å²) in [5.41, 5.74) is 1.09. The minimum absolute atomic E-state index is 0.185. The van der Waals surface area contributed by atoms with Crippen molar-refractivity contribution in [1.29, 1.82) is 0 Å². The Morgan fingerprint density at radius 2 is 1.79 bits per heavy atom. The van der Waals surface area contributed by atoms with Gasteiger partial charge in [-0.2, -0.15) is 0 Å². The van der Waals surface area contributed by atoms with Crippen LogP contribution in [0.4, 0.5) is 11.6 Å². The van der Waals surface area contributed by atoms with Crippen molar-refractivity contribution in [3.05, 3.63) is 27.5 Å². The van der Waals surface area contributed by atoms with Gasteiger partial charge in [0.25, 0.3) is 0 Å². The summed E-state index contributed by atoms with van der Waals surface area (Å²) in [6.45, 7) is 8.08. The number of aromatic nitrogens is 3. The number of hydrogen-bond donors (Lipinski definition) is 2. The van der Waals surface area contributed by atoms with Gasteiger partial charge in [-0.15, -0.1) is 11.3 Å². The fourth-order valence-corrected chi connectivity index (χ4v) is 2.94. The molecular weight excluding hydrogens is 258 g/mol. The summed E-state index contributed by atoms with van der Waals surface area (Å²) in [6, 6.07) is 2.09. The number of nitrogens with one attached hydrogen (secondary N) is 2. The third-order valence-electron chi connectivity index (χ3n) is 2.79. The average Bonchev–Trinajstić information content (AvgIpc) is 2.67. The van der Waals surface area contributed by atoms with Crippen LogP contribution in [0.5, 0.6) is 0 Å². The van der Waals surface area contributed by atoms with Crippen molar-refractivity contribution < 1.29 is 0 Å². The van der Waals surface area contributed by atoms with Gasteiger partial charge in [-0.25, -0.2) is 15.0 Å².